The molecule has 0 bridgehead atoms. The molecule has 0 saturated heterocycles. The second-order valence-corrected chi connectivity index (χ2v) is 3.78. The van der Waals surface area contributed by atoms with E-state index in [1.165, 1.54) is 0 Å². The van der Waals surface area contributed by atoms with Crippen LogP contribution in [0.25, 0.3) is 0 Å². The SMILES string of the molecule is COc1nccn1C1CCC(O)CC1. The first kappa shape index (κ1) is 9.52. The molecule has 0 atom stereocenters. The molecule has 78 valence electrons. The molecule has 1 N–H and O–H groups in total. The van der Waals surface area contributed by atoms with Crippen molar-refractivity contribution in [3.05, 3.63) is 12.4 Å². The summed E-state index contributed by atoms with van der Waals surface area (Å²) in [5.41, 5.74) is 0. The number of aromatic nitrogens is 2. The molecular weight excluding hydrogens is 180 g/mol. The van der Waals surface area contributed by atoms with Gasteiger partial charge in [-0.1, -0.05) is 0 Å². The third-order valence-corrected chi connectivity index (χ3v) is 2.88. The van der Waals surface area contributed by atoms with Crippen LogP contribution in [0.1, 0.15) is 31.7 Å². The summed E-state index contributed by atoms with van der Waals surface area (Å²) in [5.74, 6) is 0. The zero-order valence-corrected chi connectivity index (χ0v) is 8.39. The highest BCUT2D eigenvalue weighted by Crippen LogP contribution is 2.30. The van der Waals surface area contributed by atoms with Crippen LogP contribution in [0.15, 0.2) is 12.4 Å². The highest BCUT2D eigenvalue weighted by Gasteiger charge is 2.22. The van der Waals surface area contributed by atoms with Crippen molar-refractivity contribution in [1.29, 1.82) is 0 Å². The number of rotatable bonds is 2. The van der Waals surface area contributed by atoms with Gasteiger partial charge in [-0.05, 0) is 25.7 Å². The van der Waals surface area contributed by atoms with E-state index in [-0.39, 0.29) is 6.10 Å². The van der Waals surface area contributed by atoms with Crippen LogP contribution in [-0.4, -0.2) is 27.9 Å². The Morgan fingerprint density at radius 1 is 1.43 bits per heavy atom. The Balaban J connectivity index is 2.08. The standard InChI is InChI=1S/C10H16N2O2/c1-14-10-11-6-7-12(10)8-2-4-9(13)5-3-8/h6-9,13H,2-5H2,1H3. The normalized spacial score (nSPS) is 27.6. The lowest BCUT2D eigenvalue weighted by Gasteiger charge is -2.26. The predicted octanol–water partition coefficient (Wildman–Crippen LogP) is 1.37. The van der Waals surface area contributed by atoms with Crippen molar-refractivity contribution in [1.82, 2.24) is 9.55 Å². The molecule has 4 nitrogen and oxygen atoms in total. The van der Waals surface area contributed by atoms with Crippen molar-refractivity contribution in [3.8, 4) is 6.01 Å². The van der Waals surface area contributed by atoms with E-state index in [4.69, 9.17) is 4.74 Å². The molecular formula is C10H16N2O2. The molecule has 0 radical (unpaired) electrons. The van der Waals surface area contributed by atoms with E-state index in [1.807, 2.05) is 6.20 Å². The average Bonchev–Trinajstić information content (AvgIpc) is 2.67. The van der Waals surface area contributed by atoms with Crippen molar-refractivity contribution in [3.63, 3.8) is 0 Å². The molecule has 1 aliphatic rings. The van der Waals surface area contributed by atoms with E-state index in [2.05, 4.69) is 9.55 Å². The largest absolute Gasteiger partial charge is 0.468 e. The first-order valence-corrected chi connectivity index (χ1v) is 5.06. The zero-order valence-electron chi connectivity index (χ0n) is 8.39. The Kier molecular flexibility index (Phi) is 2.72. The lowest BCUT2D eigenvalue weighted by molar-refractivity contribution is 0.108. The van der Waals surface area contributed by atoms with Gasteiger partial charge in [0.15, 0.2) is 0 Å². The van der Waals surface area contributed by atoms with Crippen molar-refractivity contribution >= 4 is 0 Å². The zero-order chi connectivity index (χ0) is 9.97. The number of nitrogens with zero attached hydrogens (tertiary/aromatic N) is 2. The molecule has 1 saturated carbocycles. The van der Waals surface area contributed by atoms with Gasteiger partial charge in [-0.25, -0.2) is 4.98 Å². The molecule has 0 aliphatic heterocycles. The molecule has 1 heterocycles. The highest BCUT2D eigenvalue weighted by atomic mass is 16.5. The van der Waals surface area contributed by atoms with Gasteiger partial charge >= 0.3 is 0 Å². The van der Waals surface area contributed by atoms with Gasteiger partial charge < -0.3 is 9.84 Å². The van der Waals surface area contributed by atoms with Gasteiger partial charge in [0.05, 0.1) is 13.2 Å². The number of imidazole rings is 1. The van der Waals surface area contributed by atoms with Crippen LogP contribution in [0.2, 0.25) is 0 Å². The highest BCUT2D eigenvalue weighted by molar-refractivity contribution is 5.01. The van der Waals surface area contributed by atoms with E-state index >= 15 is 0 Å². The fourth-order valence-electron chi connectivity index (χ4n) is 2.07. The molecule has 1 aliphatic carbocycles. The molecule has 1 aromatic heterocycles. The van der Waals surface area contributed by atoms with Crippen LogP contribution in [0.4, 0.5) is 0 Å². The molecule has 14 heavy (non-hydrogen) atoms. The van der Waals surface area contributed by atoms with Crippen LogP contribution in [-0.2, 0) is 0 Å². The summed E-state index contributed by atoms with van der Waals surface area (Å²) in [6, 6.07) is 1.11. The Hall–Kier alpha value is -1.03. The van der Waals surface area contributed by atoms with E-state index in [0.717, 1.165) is 25.7 Å². The van der Waals surface area contributed by atoms with Gasteiger partial charge in [0.2, 0.25) is 0 Å². The summed E-state index contributed by atoms with van der Waals surface area (Å²) < 4.78 is 7.22. The molecule has 0 aromatic carbocycles. The lowest BCUT2D eigenvalue weighted by Crippen LogP contribution is -2.21. The third kappa shape index (κ3) is 1.75. The topological polar surface area (TPSA) is 47.3 Å². The molecule has 1 aromatic rings. The molecule has 0 amide bonds. The summed E-state index contributed by atoms with van der Waals surface area (Å²) in [6.07, 6.45) is 7.37. The minimum absolute atomic E-state index is 0.110. The number of hydrogen-bond acceptors (Lipinski definition) is 3. The Morgan fingerprint density at radius 2 is 2.14 bits per heavy atom. The fraction of sp³-hybridized carbons (Fsp3) is 0.700. The number of ether oxygens (including phenoxy) is 1. The maximum atomic E-state index is 9.39. The van der Waals surface area contributed by atoms with Crippen LogP contribution in [0.3, 0.4) is 0 Å². The van der Waals surface area contributed by atoms with Crippen LogP contribution in [0.5, 0.6) is 6.01 Å². The van der Waals surface area contributed by atoms with Gasteiger partial charge in [0.1, 0.15) is 0 Å². The van der Waals surface area contributed by atoms with Crippen LogP contribution in [0, 0.1) is 0 Å². The van der Waals surface area contributed by atoms with Gasteiger partial charge in [-0.2, -0.15) is 0 Å². The Bertz CT molecular complexity index is 290. The maximum Gasteiger partial charge on any atom is 0.296 e. The third-order valence-electron chi connectivity index (χ3n) is 2.88. The number of aliphatic hydroxyl groups is 1. The number of methoxy groups -OCH3 is 1. The molecule has 1 fully saturated rings. The van der Waals surface area contributed by atoms with Gasteiger partial charge in [0, 0.05) is 18.4 Å². The van der Waals surface area contributed by atoms with Crippen molar-refractivity contribution in [2.75, 3.05) is 7.11 Å². The van der Waals surface area contributed by atoms with Crippen molar-refractivity contribution < 1.29 is 9.84 Å². The second-order valence-electron chi connectivity index (χ2n) is 3.78. The van der Waals surface area contributed by atoms with E-state index in [9.17, 15) is 5.11 Å². The number of hydrogen-bond donors (Lipinski definition) is 1. The second kappa shape index (κ2) is 4.00. The fourth-order valence-corrected chi connectivity index (χ4v) is 2.07. The quantitative estimate of drug-likeness (QED) is 0.777. The number of aliphatic hydroxyl groups excluding tert-OH is 1. The first-order chi connectivity index (χ1) is 6.81. The summed E-state index contributed by atoms with van der Waals surface area (Å²) >= 11 is 0. The average molecular weight is 196 g/mol. The monoisotopic (exact) mass is 196 g/mol. The Morgan fingerprint density at radius 3 is 2.79 bits per heavy atom. The van der Waals surface area contributed by atoms with E-state index < -0.39 is 0 Å². The summed E-state index contributed by atoms with van der Waals surface area (Å²) in [7, 11) is 1.64. The van der Waals surface area contributed by atoms with Crippen molar-refractivity contribution in [2.24, 2.45) is 0 Å². The van der Waals surface area contributed by atoms with Gasteiger partial charge in [-0.3, -0.25) is 4.57 Å². The Labute approximate surface area is 83.5 Å². The summed E-state index contributed by atoms with van der Waals surface area (Å²) in [6.45, 7) is 0. The minimum Gasteiger partial charge on any atom is -0.468 e. The molecule has 0 spiro atoms. The maximum absolute atomic E-state index is 9.39. The molecule has 0 unspecified atom stereocenters. The minimum atomic E-state index is -0.110. The van der Waals surface area contributed by atoms with E-state index in [1.54, 1.807) is 13.3 Å². The molecule has 4 heteroatoms. The van der Waals surface area contributed by atoms with Gasteiger partial charge in [0.25, 0.3) is 6.01 Å². The summed E-state index contributed by atoms with van der Waals surface area (Å²) in [5, 5.41) is 9.39. The summed E-state index contributed by atoms with van der Waals surface area (Å²) in [4.78, 5) is 4.11. The van der Waals surface area contributed by atoms with Crippen molar-refractivity contribution in [2.45, 2.75) is 37.8 Å². The van der Waals surface area contributed by atoms with Gasteiger partial charge in [-0.15, -0.1) is 0 Å². The smallest absolute Gasteiger partial charge is 0.296 e. The van der Waals surface area contributed by atoms with E-state index in [0.29, 0.717) is 12.1 Å². The first-order valence-electron chi connectivity index (χ1n) is 5.06. The lowest BCUT2D eigenvalue weighted by atomic mass is 9.93. The van der Waals surface area contributed by atoms with Crippen LogP contribution >= 0.6 is 0 Å². The molecule has 2 rings (SSSR count). The van der Waals surface area contributed by atoms with Crippen LogP contribution < -0.4 is 4.74 Å². The predicted molar refractivity (Wildman–Crippen MR) is 52.3 cm³/mol.